The number of rotatable bonds is 5. The first-order valence-electron chi connectivity index (χ1n) is 5.57. The molecule has 104 valence electrons. The van der Waals surface area contributed by atoms with Gasteiger partial charge in [-0.1, -0.05) is 12.7 Å². The van der Waals surface area contributed by atoms with E-state index >= 15 is 0 Å². The third kappa shape index (κ3) is 4.09. The topological polar surface area (TPSA) is 102 Å². The van der Waals surface area contributed by atoms with E-state index in [4.69, 9.17) is 0 Å². The number of nitrogens with zero attached hydrogens (tertiary/aromatic N) is 1. The number of nitrogens with one attached hydrogen (secondary N) is 1. The third-order valence-electron chi connectivity index (χ3n) is 2.21. The van der Waals surface area contributed by atoms with Crippen molar-refractivity contribution in [1.82, 2.24) is 10.4 Å². The highest BCUT2D eigenvalue weighted by Gasteiger charge is 2.34. The molecule has 0 aromatic rings. The summed E-state index contributed by atoms with van der Waals surface area (Å²) in [7, 11) is 0. The molecule has 0 unspecified atom stereocenters. The van der Waals surface area contributed by atoms with Crippen LogP contribution < -0.4 is 5.32 Å². The van der Waals surface area contributed by atoms with Crippen LogP contribution in [0.15, 0.2) is 12.7 Å². The van der Waals surface area contributed by atoms with E-state index in [0.29, 0.717) is 5.06 Å². The van der Waals surface area contributed by atoms with Gasteiger partial charge in [-0.15, -0.1) is 5.06 Å². The van der Waals surface area contributed by atoms with Crippen molar-refractivity contribution >= 4 is 23.9 Å². The Bertz CT molecular complexity index is 403. The molecular formula is C11H14N2O6. The molecule has 19 heavy (non-hydrogen) atoms. The van der Waals surface area contributed by atoms with E-state index in [1.54, 1.807) is 0 Å². The Labute approximate surface area is 109 Å². The molecule has 3 amide bonds. The van der Waals surface area contributed by atoms with Crippen molar-refractivity contribution in [2.24, 2.45) is 0 Å². The lowest BCUT2D eigenvalue weighted by Crippen LogP contribution is -2.43. The Morgan fingerprint density at radius 2 is 2.00 bits per heavy atom. The van der Waals surface area contributed by atoms with Crippen molar-refractivity contribution in [1.29, 1.82) is 0 Å². The second kappa shape index (κ2) is 6.53. The lowest BCUT2D eigenvalue weighted by atomic mass is 10.3. The quantitative estimate of drug-likeness (QED) is 0.552. The van der Waals surface area contributed by atoms with Gasteiger partial charge in [0.15, 0.2) is 0 Å². The average molecular weight is 270 g/mol. The lowest BCUT2D eigenvalue weighted by Gasteiger charge is -2.16. The molecule has 8 heteroatoms. The van der Waals surface area contributed by atoms with Crippen LogP contribution in [-0.4, -0.2) is 41.6 Å². The first-order chi connectivity index (χ1) is 8.95. The minimum absolute atomic E-state index is 0.00328. The highest BCUT2D eigenvalue weighted by atomic mass is 16.7. The van der Waals surface area contributed by atoms with Gasteiger partial charge >= 0.3 is 12.1 Å². The van der Waals surface area contributed by atoms with Crippen LogP contribution in [0.1, 0.15) is 19.8 Å². The van der Waals surface area contributed by atoms with Gasteiger partial charge in [0, 0.05) is 12.8 Å². The van der Waals surface area contributed by atoms with Crippen molar-refractivity contribution in [2.75, 3.05) is 6.61 Å². The molecule has 0 bridgehead atoms. The number of hydrogen-bond donors (Lipinski definition) is 1. The molecule has 0 saturated carbocycles. The second-order valence-electron chi connectivity index (χ2n) is 3.75. The maximum atomic E-state index is 11.5. The molecule has 1 atom stereocenters. The molecule has 1 heterocycles. The summed E-state index contributed by atoms with van der Waals surface area (Å²) in [4.78, 5) is 49.7. The Morgan fingerprint density at radius 1 is 1.42 bits per heavy atom. The van der Waals surface area contributed by atoms with Crippen LogP contribution in [0.25, 0.3) is 0 Å². The monoisotopic (exact) mass is 270 g/mol. The van der Waals surface area contributed by atoms with Crippen LogP contribution >= 0.6 is 0 Å². The van der Waals surface area contributed by atoms with Crippen LogP contribution in [0, 0.1) is 0 Å². The second-order valence-corrected chi connectivity index (χ2v) is 3.75. The maximum Gasteiger partial charge on any atom is 0.408 e. The number of imide groups is 1. The first-order valence-corrected chi connectivity index (χ1v) is 5.57. The fraction of sp³-hybridized carbons (Fsp3) is 0.455. The van der Waals surface area contributed by atoms with Crippen molar-refractivity contribution < 1.29 is 28.8 Å². The summed E-state index contributed by atoms with van der Waals surface area (Å²) in [5.41, 5.74) is 0. The van der Waals surface area contributed by atoms with Crippen molar-refractivity contribution in [3.05, 3.63) is 12.7 Å². The molecule has 1 aliphatic rings. The smallest absolute Gasteiger partial charge is 0.408 e. The molecule has 1 saturated heterocycles. The highest BCUT2D eigenvalue weighted by Crippen LogP contribution is 2.12. The van der Waals surface area contributed by atoms with Crippen LogP contribution in [0.5, 0.6) is 0 Å². The lowest BCUT2D eigenvalue weighted by molar-refractivity contribution is -0.198. The van der Waals surface area contributed by atoms with Crippen molar-refractivity contribution in [2.45, 2.75) is 25.8 Å². The Kier molecular flexibility index (Phi) is 5.04. The van der Waals surface area contributed by atoms with E-state index in [0.717, 1.165) is 0 Å². The van der Waals surface area contributed by atoms with Crippen LogP contribution in [-0.2, 0) is 24.0 Å². The summed E-state index contributed by atoms with van der Waals surface area (Å²) in [6, 6.07) is -1.06. The van der Waals surface area contributed by atoms with E-state index < -0.39 is 29.9 Å². The Morgan fingerprint density at radius 3 is 2.53 bits per heavy atom. The van der Waals surface area contributed by atoms with Gasteiger partial charge in [-0.3, -0.25) is 9.59 Å². The number of carbonyl (C=O) groups excluding carboxylic acids is 4. The predicted molar refractivity (Wildman–Crippen MR) is 61.3 cm³/mol. The molecule has 1 aliphatic heterocycles. The summed E-state index contributed by atoms with van der Waals surface area (Å²) in [6.07, 6.45) is 0.554. The summed E-state index contributed by atoms with van der Waals surface area (Å²) in [5, 5.41) is 2.60. The van der Waals surface area contributed by atoms with Gasteiger partial charge in [0.2, 0.25) is 0 Å². The summed E-state index contributed by atoms with van der Waals surface area (Å²) >= 11 is 0. The van der Waals surface area contributed by atoms with Crippen LogP contribution in [0.3, 0.4) is 0 Å². The largest absolute Gasteiger partial charge is 0.445 e. The summed E-state index contributed by atoms with van der Waals surface area (Å²) in [5.74, 6) is -2.10. The van der Waals surface area contributed by atoms with E-state index in [9.17, 15) is 19.2 Å². The van der Waals surface area contributed by atoms with Gasteiger partial charge in [-0.25, -0.2) is 9.59 Å². The summed E-state index contributed by atoms with van der Waals surface area (Å²) < 4.78 is 4.60. The molecular weight excluding hydrogens is 256 g/mol. The number of ether oxygens (including phenoxy) is 1. The standard InChI is InChI=1S/C11H14N2O6/c1-3-6-18-11(17)12-7(2)10(16)19-13-8(14)4-5-9(13)15/h3,7H,1,4-6H2,2H3,(H,12,17)/t7-/m0/s1. The molecule has 0 aromatic carbocycles. The van der Waals surface area contributed by atoms with Gasteiger partial charge < -0.3 is 14.9 Å². The summed E-state index contributed by atoms with van der Waals surface area (Å²) in [6.45, 7) is 4.69. The fourth-order valence-corrected chi connectivity index (χ4v) is 1.24. The van der Waals surface area contributed by atoms with Crippen molar-refractivity contribution in [3.8, 4) is 0 Å². The van der Waals surface area contributed by atoms with Gasteiger partial charge in [-0.2, -0.15) is 0 Å². The van der Waals surface area contributed by atoms with Gasteiger partial charge in [-0.05, 0) is 6.92 Å². The zero-order valence-corrected chi connectivity index (χ0v) is 10.4. The van der Waals surface area contributed by atoms with E-state index in [2.05, 4.69) is 21.5 Å². The fourth-order valence-electron chi connectivity index (χ4n) is 1.24. The number of amides is 3. The molecule has 1 fully saturated rings. The minimum atomic E-state index is -1.06. The zero-order chi connectivity index (χ0) is 14.4. The number of alkyl carbamates (subject to hydrolysis) is 1. The Balaban J connectivity index is 2.44. The SMILES string of the molecule is C=CCOC(=O)N[C@@H](C)C(=O)ON1C(=O)CCC1=O. The van der Waals surface area contributed by atoms with Gasteiger partial charge in [0.1, 0.15) is 12.6 Å². The molecule has 0 aromatic heterocycles. The number of carbonyl (C=O) groups is 4. The maximum absolute atomic E-state index is 11.5. The van der Waals surface area contributed by atoms with Gasteiger partial charge in [0.25, 0.3) is 11.8 Å². The zero-order valence-electron chi connectivity index (χ0n) is 10.4. The molecule has 8 nitrogen and oxygen atoms in total. The molecule has 1 rings (SSSR count). The van der Waals surface area contributed by atoms with Crippen LogP contribution in [0.4, 0.5) is 4.79 Å². The molecule has 0 spiro atoms. The minimum Gasteiger partial charge on any atom is -0.445 e. The normalized spacial score (nSPS) is 15.9. The molecule has 1 N–H and O–H groups in total. The number of hydrogen-bond acceptors (Lipinski definition) is 6. The van der Waals surface area contributed by atoms with E-state index in [-0.39, 0.29) is 19.4 Å². The molecule has 0 radical (unpaired) electrons. The first kappa shape index (κ1) is 14.7. The molecule has 0 aliphatic carbocycles. The van der Waals surface area contributed by atoms with Crippen molar-refractivity contribution in [3.63, 3.8) is 0 Å². The van der Waals surface area contributed by atoms with E-state index in [1.165, 1.54) is 13.0 Å². The third-order valence-corrected chi connectivity index (χ3v) is 2.21. The van der Waals surface area contributed by atoms with E-state index in [1.807, 2.05) is 0 Å². The predicted octanol–water partition coefficient (Wildman–Crippen LogP) is -0.106. The van der Waals surface area contributed by atoms with Crippen LogP contribution in [0.2, 0.25) is 0 Å². The Hall–Kier alpha value is -2.38. The highest BCUT2D eigenvalue weighted by molar-refractivity contribution is 6.01. The number of hydroxylamine groups is 2. The average Bonchev–Trinajstić information content (AvgIpc) is 2.67. The van der Waals surface area contributed by atoms with Gasteiger partial charge in [0.05, 0.1) is 0 Å².